The van der Waals surface area contributed by atoms with Crippen molar-refractivity contribution in [3.05, 3.63) is 53.9 Å². The molecule has 0 fully saturated rings. The SMILES string of the molecule is COc1cccc(-c2noc(COC(=O)c3cnc(C)cn3)n2)c1. The summed E-state index contributed by atoms with van der Waals surface area (Å²) < 4.78 is 15.3. The van der Waals surface area contributed by atoms with Crippen LogP contribution in [0.2, 0.25) is 0 Å². The van der Waals surface area contributed by atoms with Gasteiger partial charge in [-0.3, -0.25) is 4.98 Å². The fourth-order valence-corrected chi connectivity index (χ4v) is 1.89. The summed E-state index contributed by atoms with van der Waals surface area (Å²) in [6, 6.07) is 7.24. The molecule has 0 aliphatic carbocycles. The van der Waals surface area contributed by atoms with Crippen LogP contribution in [-0.2, 0) is 11.3 Å². The molecular formula is C16H14N4O4. The number of hydrogen-bond acceptors (Lipinski definition) is 8. The molecule has 0 unspecified atom stereocenters. The average Bonchev–Trinajstić information content (AvgIpc) is 3.09. The van der Waals surface area contributed by atoms with Gasteiger partial charge >= 0.3 is 5.97 Å². The summed E-state index contributed by atoms with van der Waals surface area (Å²) in [5, 5.41) is 3.86. The second kappa shape index (κ2) is 6.86. The minimum absolute atomic E-state index is 0.119. The molecule has 2 aromatic heterocycles. The van der Waals surface area contributed by atoms with E-state index in [0.29, 0.717) is 17.3 Å². The fraction of sp³-hybridized carbons (Fsp3) is 0.188. The molecule has 0 aliphatic heterocycles. The Kier molecular flexibility index (Phi) is 4.46. The van der Waals surface area contributed by atoms with Crippen LogP contribution in [0.5, 0.6) is 5.75 Å². The summed E-state index contributed by atoms with van der Waals surface area (Å²) in [5.41, 5.74) is 1.57. The summed E-state index contributed by atoms with van der Waals surface area (Å²) in [5.74, 6) is 0.642. The lowest BCUT2D eigenvalue weighted by Gasteiger charge is -2.01. The standard InChI is InChI=1S/C16H14N4O4/c1-10-7-18-13(8-17-10)16(21)23-9-14-19-15(20-24-14)11-4-3-5-12(6-11)22-2/h3-8H,9H2,1-2H3. The molecule has 0 N–H and O–H groups in total. The topological polar surface area (TPSA) is 100 Å². The van der Waals surface area contributed by atoms with Gasteiger partial charge in [-0.2, -0.15) is 4.98 Å². The molecule has 0 saturated heterocycles. The molecule has 3 rings (SSSR count). The van der Waals surface area contributed by atoms with E-state index in [2.05, 4.69) is 20.1 Å². The van der Waals surface area contributed by atoms with Crippen LogP contribution in [0.3, 0.4) is 0 Å². The minimum atomic E-state index is -0.608. The highest BCUT2D eigenvalue weighted by molar-refractivity contribution is 5.86. The van der Waals surface area contributed by atoms with Crippen molar-refractivity contribution in [3.63, 3.8) is 0 Å². The van der Waals surface area contributed by atoms with Gasteiger partial charge in [-0.15, -0.1) is 0 Å². The highest BCUT2D eigenvalue weighted by Gasteiger charge is 2.14. The quantitative estimate of drug-likeness (QED) is 0.658. The molecule has 2 heterocycles. The summed E-state index contributed by atoms with van der Waals surface area (Å²) in [6.07, 6.45) is 2.84. The van der Waals surface area contributed by atoms with Gasteiger partial charge in [0.05, 0.1) is 19.0 Å². The lowest BCUT2D eigenvalue weighted by molar-refractivity contribution is 0.0422. The summed E-state index contributed by atoms with van der Waals surface area (Å²) in [6.45, 7) is 1.63. The van der Waals surface area contributed by atoms with Gasteiger partial charge in [0.1, 0.15) is 5.75 Å². The predicted octanol–water partition coefficient (Wildman–Crippen LogP) is 2.20. The van der Waals surface area contributed by atoms with Crippen LogP contribution in [0.4, 0.5) is 0 Å². The number of rotatable bonds is 5. The third-order valence-corrected chi connectivity index (χ3v) is 3.11. The zero-order chi connectivity index (χ0) is 16.9. The summed E-state index contributed by atoms with van der Waals surface area (Å²) >= 11 is 0. The molecule has 0 saturated carbocycles. The second-order valence-electron chi connectivity index (χ2n) is 4.86. The van der Waals surface area contributed by atoms with Crippen molar-refractivity contribution in [2.24, 2.45) is 0 Å². The first-order chi connectivity index (χ1) is 11.7. The first-order valence-electron chi connectivity index (χ1n) is 7.08. The van der Waals surface area contributed by atoms with Crippen molar-refractivity contribution in [2.75, 3.05) is 7.11 Å². The molecule has 24 heavy (non-hydrogen) atoms. The Labute approximate surface area is 137 Å². The van der Waals surface area contributed by atoms with E-state index >= 15 is 0 Å². The number of nitrogens with zero attached hydrogens (tertiary/aromatic N) is 4. The maximum atomic E-state index is 11.9. The van der Waals surface area contributed by atoms with Crippen LogP contribution in [0.1, 0.15) is 22.1 Å². The molecular weight excluding hydrogens is 312 g/mol. The van der Waals surface area contributed by atoms with Crippen molar-refractivity contribution in [1.82, 2.24) is 20.1 Å². The van der Waals surface area contributed by atoms with Gasteiger partial charge in [-0.25, -0.2) is 9.78 Å². The van der Waals surface area contributed by atoms with Gasteiger partial charge in [0.15, 0.2) is 12.3 Å². The Bertz CT molecular complexity index is 845. The van der Waals surface area contributed by atoms with Crippen molar-refractivity contribution in [3.8, 4) is 17.1 Å². The van der Waals surface area contributed by atoms with Crippen LogP contribution in [0.15, 0.2) is 41.2 Å². The van der Waals surface area contributed by atoms with Crippen LogP contribution in [-0.4, -0.2) is 33.2 Å². The van der Waals surface area contributed by atoms with Gasteiger partial charge in [0.25, 0.3) is 5.89 Å². The molecule has 1 aromatic carbocycles. The normalized spacial score (nSPS) is 10.4. The number of carbonyl (C=O) groups is 1. The third kappa shape index (κ3) is 3.54. The maximum absolute atomic E-state index is 11.9. The van der Waals surface area contributed by atoms with E-state index < -0.39 is 5.97 Å². The van der Waals surface area contributed by atoms with Crippen molar-refractivity contribution in [1.29, 1.82) is 0 Å². The Balaban J connectivity index is 1.65. The molecule has 0 aliphatic rings. The van der Waals surface area contributed by atoms with Crippen LogP contribution in [0.25, 0.3) is 11.4 Å². The van der Waals surface area contributed by atoms with Crippen molar-refractivity contribution >= 4 is 5.97 Å². The Morgan fingerprint density at radius 3 is 2.88 bits per heavy atom. The van der Waals surface area contributed by atoms with E-state index in [1.165, 1.54) is 12.4 Å². The van der Waals surface area contributed by atoms with Gasteiger partial charge in [-0.1, -0.05) is 17.3 Å². The number of carbonyl (C=O) groups excluding carboxylic acids is 1. The van der Waals surface area contributed by atoms with E-state index in [1.54, 1.807) is 20.1 Å². The smallest absolute Gasteiger partial charge is 0.359 e. The number of esters is 1. The minimum Gasteiger partial charge on any atom is -0.497 e. The second-order valence-corrected chi connectivity index (χ2v) is 4.86. The molecule has 0 bridgehead atoms. The summed E-state index contributed by atoms with van der Waals surface area (Å²) in [4.78, 5) is 24.0. The van der Waals surface area contributed by atoms with E-state index in [0.717, 1.165) is 5.56 Å². The number of ether oxygens (including phenoxy) is 2. The molecule has 122 valence electrons. The fourth-order valence-electron chi connectivity index (χ4n) is 1.89. The van der Waals surface area contributed by atoms with E-state index in [4.69, 9.17) is 14.0 Å². The monoisotopic (exact) mass is 326 g/mol. The lowest BCUT2D eigenvalue weighted by atomic mass is 10.2. The first-order valence-corrected chi connectivity index (χ1v) is 7.08. The highest BCUT2D eigenvalue weighted by Crippen LogP contribution is 2.21. The van der Waals surface area contributed by atoms with Gasteiger partial charge in [-0.05, 0) is 19.1 Å². The van der Waals surface area contributed by atoms with Gasteiger partial charge in [0.2, 0.25) is 5.82 Å². The number of hydrogen-bond donors (Lipinski definition) is 0. The number of aryl methyl sites for hydroxylation is 1. The van der Waals surface area contributed by atoms with E-state index in [-0.39, 0.29) is 18.2 Å². The molecule has 8 heteroatoms. The van der Waals surface area contributed by atoms with Crippen molar-refractivity contribution in [2.45, 2.75) is 13.5 Å². The van der Waals surface area contributed by atoms with Crippen LogP contribution < -0.4 is 4.74 Å². The third-order valence-electron chi connectivity index (χ3n) is 3.11. The Morgan fingerprint density at radius 1 is 1.25 bits per heavy atom. The average molecular weight is 326 g/mol. The zero-order valence-electron chi connectivity index (χ0n) is 13.1. The maximum Gasteiger partial charge on any atom is 0.359 e. The van der Waals surface area contributed by atoms with E-state index in [1.807, 2.05) is 18.2 Å². The number of aromatic nitrogens is 4. The number of benzene rings is 1. The zero-order valence-corrected chi connectivity index (χ0v) is 13.1. The largest absolute Gasteiger partial charge is 0.497 e. The Hall–Kier alpha value is -3.29. The molecule has 0 spiro atoms. The Morgan fingerprint density at radius 2 is 2.12 bits per heavy atom. The lowest BCUT2D eigenvalue weighted by Crippen LogP contribution is -2.08. The van der Waals surface area contributed by atoms with E-state index in [9.17, 15) is 4.79 Å². The molecule has 3 aromatic rings. The highest BCUT2D eigenvalue weighted by atomic mass is 16.6. The molecule has 0 radical (unpaired) electrons. The van der Waals surface area contributed by atoms with Gasteiger partial charge in [0, 0.05) is 11.8 Å². The molecule has 8 nitrogen and oxygen atoms in total. The predicted molar refractivity (Wildman–Crippen MR) is 82.2 cm³/mol. The summed E-state index contributed by atoms with van der Waals surface area (Å²) in [7, 11) is 1.58. The first kappa shape index (κ1) is 15.6. The van der Waals surface area contributed by atoms with Crippen LogP contribution in [0, 0.1) is 6.92 Å². The molecule has 0 amide bonds. The van der Waals surface area contributed by atoms with Gasteiger partial charge < -0.3 is 14.0 Å². The number of methoxy groups -OCH3 is 1. The van der Waals surface area contributed by atoms with Crippen LogP contribution >= 0.6 is 0 Å². The molecule has 0 atom stereocenters. The van der Waals surface area contributed by atoms with Crippen molar-refractivity contribution < 1.29 is 18.8 Å².